The molecule has 1 amide bonds. The molecular formula is C17H24BrNO4S. The minimum absolute atomic E-state index is 0.0673. The lowest BCUT2D eigenvalue weighted by atomic mass is 10.00. The molecule has 1 atom stereocenters. The second-order valence-corrected chi connectivity index (χ2v) is 9.60. The van der Waals surface area contributed by atoms with Gasteiger partial charge in [-0.3, -0.25) is 4.79 Å². The van der Waals surface area contributed by atoms with E-state index in [1.54, 1.807) is 0 Å². The molecule has 1 aromatic rings. The highest BCUT2D eigenvalue weighted by Gasteiger charge is 2.30. The largest absolute Gasteiger partial charge is 0.396 e. The van der Waals surface area contributed by atoms with Gasteiger partial charge in [-0.15, -0.1) is 0 Å². The molecule has 2 rings (SSSR count). The number of aliphatic hydroxyl groups excluding tert-OH is 1. The summed E-state index contributed by atoms with van der Waals surface area (Å²) in [7, 11) is -3.36. The van der Waals surface area contributed by atoms with Gasteiger partial charge in [-0.1, -0.05) is 40.9 Å². The molecule has 0 aromatic heterocycles. The zero-order valence-corrected chi connectivity index (χ0v) is 16.0. The summed E-state index contributed by atoms with van der Waals surface area (Å²) in [5.41, 5.74) is 1.05. The quantitative estimate of drug-likeness (QED) is 0.677. The standard InChI is InChI=1S/C17H24BrNO4S/c18-15-5-3-4-13(9-15)8-14(11-20)10-19-17(21)12-24(22,23)16-6-1-2-7-16/h3-5,9,14,16,20H,1-2,6-8,10-12H2,(H,19,21). The molecule has 5 nitrogen and oxygen atoms in total. The summed E-state index contributed by atoms with van der Waals surface area (Å²) in [6.07, 6.45) is 3.79. The van der Waals surface area contributed by atoms with Crippen LogP contribution in [0.2, 0.25) is 0 Å². The maximum Gasteiger partial charge on any atom is 0.235 e. The van der Waals surface area contributed by atoms with Gasteiger partial charge in [0, 0.05) is 23.5 Å². The third-order valence-electron chi connectivity index (χ3n) is 4.40. The van der Waals surface area contributed by atoms with Crippen molar-refractivity contribution in [1.29, 1.82) is 0 Å². The van der Waals surface area contributed by atoms with Crippen LogP contribution in [0, 0.1) is 5.92 Å². The number of hydrogen-bond donors (Lipinski definition) is 2. The topological polar surface area (TPSA) is 83.5 Å². The highest BCUT2D eigenvalue weighted by Crippen LogP contribution is 2.25. The lowest BCUT2D eigenvalue weighted by Crippen LogP contribution is -2.37. The molecule has 2 N–H and O–H groups in total. The molecule has 1 aliphatic rings. The molecule has 1 aliphatic carbocycles. The third kappa shape index (κ3) is 5.86. The SMILES string of the molecule is O=C(CS(=O)(=O)C1CCCC1)NCC(CO)Cc1cccc(Br)c1. The summed E-state index contributed by atoms with van der Waals surface area (Å²) in [5.74, 6) is -1.07. The van der Waals surface area contributed by atoms with Gasteiger partial charge >= 0.3 is 0 Å². The number of halogens is 1. The Morgan fingerprint density at radius 2 is 2.04 bits per heavy atom. The van der Waals surface area contributed by atoms with Crippen LogP contribution in [0.3, 0.4) is 0 Å². The van der Waals surface area contributed by atoms with Gasteiger partial charge in [-0.05, 0) is 37.0 Å². The van der Waals surface area contributed by atoms with Crippen molar-refractivity contribution < 1.29 is 18.3 Å². The molecule has 1 fully saturated rings. The van der Waals surface area contributed by atoms with Gasteiger partial charge in [0.05, 0.1) is 5.25 Å². The Bertz CT molecular complexity index is 656. The average molecular weight is 418 g/mol. The predicted octanol–water partition coefficient (Wildman–Crippen LogP) is 2.07. The van der Waals surface area contributed by atoms with Gasteiger partial charge in [-0.2, -0.15) is 0 Å². The first-order valence-corrected chi connectivity index (χ1v) is 10.7. The number of amides is 1. The van der Waals surface area contributed by atoms with E-state index in [4.69, 9.17) is 0 Å². The molecule has 7 heteroatoms. The van der Waals surface area contributed by atoms with Crippen LogP contribution in [0.1, 0.15) is 31.2 Å². The zero-order chi connectivity index (χ0) is 17.6. The fourth-order valence-corrected chi connectivity index (χ4v) is 5.26. The van der Waals surface area contributed by atoms with Crippen molar-refractivity contribution in [3.8, 4) is 0 Å². The van der Waals surface area contributed by atoms with Crippen molar-refractivity contribution in [3.63, 3.8) is 0 Å². The lowest BCUT2D eigenvalue weighted by molar-refractivity contribution is -0.118. The Hall–Kier alpha value is -0.920. The Kier molecular flexibility index (Phi) is 7.25. The molecule has 0 bridgehead atoms. The summed E-state index contributed by atoms with van der Waals surface area (Å²) in [5, 5.41) is 11.8. The van der Waals surface area contributed by atoms with Gasteiger partial charge in [-0.25, -0.2) is 8.42 Å². The van der Waals surface area contributed by atoms with E-state index in [2.05, 4.69) is 21.2 Å². The number of aliphatic hydroxyl groups is 1. The number of carbonyl (C=O) groups excluding carboxylic acids is 1. The van der Waals surface area contributed by atoms with E-state index < -0.39 is 21.5 Å². The second kappa shape index (κ2) is 8.97. The normalized spacial score (nSPS) is 16.9. The molecule has 134 valence electrons. The van der Waals surface area contributed by atoms with E-state index in [-0.39, 0.29) is 24.3 Å². The van der Waals surface area contributed by atoms with E-state index in [9.17, 15) is 18.3 Å². The van der Waals surface area contributed by atoms with Crippen molar-refractivity contribution in [2.75, 3.05) is 18.9 Å². The van der Waals surface area contributed by atoms with E-state index in [1.807, 2.05) is 24.3 Å². The summed E-state index contributed by atoms with van der Waals surface area (Å²) in [6, 6.07) is 7.77. The van der Waals surface area contributed by atoms with Crippen LogP contribution in [-0.2, 0) is 21.1 Å². The van der Waals surface area contributed by atoms with Crippen molar-refractivity contribution in [3.05, 3.63) is 34.3 Å². The number of carbonyl (C=O) groups is 1. The number of benzene rings is 1. The maximum absolute atomic E-state index is 12.2. The van der Waals surface area contributed by atoms with Gasteiger partial charge in [0.1, 0.15) is 5.75 Å². The van der Waals surface area contributed by atoms with Crippen LogP contribution < -0.4 is 5.32 Å². The first-order valence-electron chi connectivity index (χ1n) is 8.24. The Balaban J connectivity index is 1.82. The van der Waals surface area contributed by atoms with Gasteiger partial charge in [0.25, 0.3) is 0 Å². The minimum atomic E-state index is -3.36. The van der Waals surface area contributed by atoms with Crippen molar-refractivity contribution in [2.45, 2.75) is 37.4 Å². The van der Waals surface area contributed by atoms with E-state index >= 15 is 0 Å². The average Bonchev–Trinajstić information content (AvgIpc) is 3.06. The molecule has 1 unspecified atom stereocenters. The smallest absolute Gasteiger partial charge is 0.235 e. The fourth-order valence-electron chi connectivity index (χ4n) is 3.06. The third-order valence-corrected chi connectivity index (χ3v) is 7.05. The highest BCUT2D eigenvalue weighted by atomic mass is 79.9. The number of nitrogens with one attached hydrogen (secondary N) is 1. The van der Waals surface area contributed by atoms with Crippen LogP contribution in [0.25, 0.3) is 0 Å². The van der Waals surface area contributed by atoms with Crippen LogP contribution in [0.5, 0.6) is 0 Å². The molecule has 0 radical (unpaired) electrons. The van der Waals surface area contributed by atoms with Crippen molar-refractivity contribution in [1.82, 2.24) is 5.32 Å². The highest BCUT2D eigenvalue weighted by molar-refractivity contribution is 9.10. The zero-order valence-electron chi connectivity index (χ0n) is 13.6. The molecule has 0 heterocycles. The summed E-state index contributed by atoms with van der Waals surface area (Å²) in [6.45, 7) is 0.199. The fraction of sp³-hybridized carbons (Fsp3) is 0.588. The van der Waals surface area contributed by atoms with E-state index in [1.165, 1.54) is 0 Å². The Morgan fingerprint density at radius 1 is 1.33 bits per heavy atom. The lowest BCUT2D eigenvalue weighted by Gasteiger charge is -2.16. The molecule has 1 saturated carbocycles. The summed E-state index contributed by atoms with van der Waals surface area (Å²) >= 11 is 3.40. The van der Waals surface area contributed by atoms with Crippen molar-refractivity contribution >= 4 is 31.7 Å². The van der Waals surface area contributed by atoms with Crippen LogP contribution >= 0.6 is 15.9 Å². The van der Waals surface area contributed by atoms with Crippen LogP contribution in [0.4, 0.5) is 0 Å². The maximum atomic E-state index is 12.2. The first-order chi connectivity index (χ1) is 11.4. The molecule has 1 aromatic carbocycles. The summed E-state index contributed by atoms with van der Waals surface area (Å²) in [4.78, 5) is 12.0. The number of rotatable bonds is 8. The molecule has 0 spiro atoms. The summed E-state index contributed by atoms with van der Waals surface area (Å²) < 4.78 is 25.3. The van der Waals surface area contributed by atoms with E-state index in [0.717, 1.165) is 22.9 Å². The van der Waals surface area contributed by atoms with Crippen molar-refractivity contribution in [2.24, 2.45) is 5.92 Å². The van der Waals surface area contributed by atoms with E-state index in [0.29, 0.717) is 19.3 Å². The van der Waals surface area contributed by atoms with Crippen LogP contribution in [0.15, 0.2) is 28.7 Å². The number of hydrogen-bond acceptors (Lipinski definition) is 4. The Morgan fingerprint density at radius 3 is 2.67 bits per heavy atom. The molecule has 0 saturated heterocycles. The number of sulfone groups is 1. The van der Waals surface area contributed by atoms with Gasteiger partial charge in [0.2, 0.25) is 5.91 Å². The Labute approximate surface area is 151 Å². The minimum Gasteiger partial charge on any atom is -0.396 e. The first kappa shape index (κ1) is 19.4. The molecule has 0 aliphatic heterocycles. The predicted molar refractivity (Wildman–Crippen MR) is 97.5 cm³/mol. The molecule has 24 heavy (non-hydrogen) atoms. The van der Waals surface area contributed by atoms with Crippen LogP contribution in [-0.4, -0.2) is 43.6 Å². The van der Waals surface area contributed by atoms with Gasteiger partial charge in [0.15, 0.2) is 9.84 Å². The second-order valence-electron chi connectivity index (χ2n) is 6.40. The van der Waals surface area contributed by atoms with Gasteiger partial charge < -0.3 is 10.4 Å². The molecular weight excluding hydrogens is 394 g/mol. The monoisotopic (exact) mass is 417 g/mol.